The number of ether oxygens (including phenoxy) is 1. The lowest BCUT2D eigenvalue weighted by atomic mass is 10.3. The first-order chi connectivity index (χ1) is 12.8. The van der Waals surface area contributed by atoms with E-state index in [9.17, 15) is 0 Å². The monoisotopic (exact) mass is 486 g/mol. The zero-order valence-electron chi connectivity index (χ0n) is 16.5. The lowest BCUT2D eigenvalue weighted by Crippen LogP contribution is -2.44. The van der Waals surface area contributed by atoms with E-state index in [1.165, 1.54) is 31.4 Å². The van der Waals surface area contributed by atoms with Crippen LogP contribution in [0.15, 0.2) is 35.3 Å². The molecule has 0 bridgehead atoms. The van der Waals surface area contributed by atoms with Crippen LogP contribution in [0.1, 0.15) is 45.4 Å². The number of benzene rings is 1. The Hall–Kier alpha value is -1.02. The van der Waals surface area contributed by atoms with Gasteiger partial charge in [-0.05, 0) is 44.7 Å². The summed E-state index contributed by atoms with van der Waals surface area (Å²) in [6.07, 6.45) is 7.79. The quantitative estimate of drug-likeness (QED) is 0.254. The smallest absolute Gasteiger partial charge is 0.191 e. The Labute approximate surface area is 181 Å². The fourth-order valence-corrected chi connectivity index (χ4v) is 3.83. The highest BCUT2D eigenvalue weighted by molar-refractivity contribution is 14.0. The predicted molar refractivity (Wildman–Crippen MR) is 124 cm³/mol. The molecule has 2 N–H and O–H groups in total. The second-order valence-corrected chi connectivity index (χ2v) is 7.30. The van der Waals surface area contributed by atoms with Crippen molar-refractivity contribution in [3.05, 3.63) is 30.3 Å². The van der Waals surface area contributed by atoms with Crippen molar-refractivity contribution in [3.8, 4) is 0 Å². The van der Waals surface area contributed by atoms with E-state index >= 15 is 0 Å². The normalized spacial score (nSPS) is 20.6. The maximum Gasteiger partial charge on any atom is 0.191 e. The van der Waals surface area contributed by atoms with Crippen molar-refractivity contribution in [3.63, 3.8) is 0 Å². The topological polar surface area (TPSA) is 48.9 Å². The van der Waals surface area contributed by atoms with Crippen molar-refractivity contribution in [1.82, 2.24) is 10.6 Å². The molecule has 3 rings (SSSR count). The molecule has 1 aromatic rings. The molecule has 1 saturated heterocycles. The molecule has 2 aliphatic rings. The van der Waals surface area contributed by atoms with Crippen LogP contribution in [0, 0.1) is 0 Å². The summed E-state index contributed by atoms with van der Waals surface area (Å²) in [5.74, 6) is 0.938. The van der Waals surface area contributed by atoms with Crippen LogP contribution < -0.4 is 15.5 Å². The molecule has 1 aliphatic heterocycles. The molecule has 1 aliphatic carbocycles. The molecule has 5 nitrogen and oxygen atoms in total. The first-order valence-corrected chi connectivity index (χ1v) is 10.3. The van der Waals surface area contributed by atoms with Crippen LogP contribution in [0.5, 0.6) is 0 Å². The van der Waals surface area contributed by atoms with E-state index in [-0.39, 0.29) is 24.0 Å². The Balaban J connectivity index is 0.00000261. The summed E-state index contributed by atoms with van der Waals surface area (Å²) in [5, 5.41) is 6.98. The Bertz CT molecular complexity index is 548. The number of hydrogen-bond acceptors (Lipinski definition) is 3. The molecule has 1 aromatic carbocycles. The van der Waals surface area contributed by atoms with Crippen LogP contribution in [-0.2, 0) is 4.74 Å². The third-order valence-electron chi connectivity index (χ3n) is 5.22. The maximum absolute atomic E-state index is 5.92. The van der Waals surface area contributed by atoms with E-state index < -0.39 is 0 Å². The molecular formula is C21H35IN4O. The second-order valence-electron chi connectivity index (χ2n) is 7.30. The second kappa shape index (κ2) is 12.4. The number of para-hydroxylation sites is 1. The minimum Gasteiger partial charge on any atom is -0.378 e. The third-order valence-corrected chi connectivity index (χ3v) is 5.22. The van der Waals surface area contributed by atoms with Gasteiger partial charge < -0.3 is 20.3 Å². The first kappa shape index (κ1) is 22.3. The van der Waals surface area contributed by atoms with E-state index in [1.807, 2.05) is 0 Å². The lowest BCUT2D eigenvalue weighted by molar-refractivity contribution is 0.0579. The van der Waals surface area contributed by atoms with Gasteiger partial charge >= 0.3 is 0 Å². The van der Waals surface area contributed by atoms with Crippen LogP contribution >= 0.6 is 24.0 Å². The van der Waals surface area contributed by atoms with E-state index in [2.05, 4.69) is 52.8 Å². The van der Waals surface area contributed by atoms with Crippen molar-refractivity contribution in [2.24, 2.45) is 4.99 Å². The minimum absolute atomic E-state index is 0. The summed E-state index contributed by atoms with van der Waals surface area (Å²) in [4.78, 5) is 7.18. The van der Waals surface area contributed by atoms with Gasteiger partial charge in [-0.2, -0.15) is 0 Å². The molecule has 1 heterocycles. The molecule has 0 aromatic heterocycles. The largest absolute Gasteiger partial charge is 0.378 e. The van der Waals surface area contributed by atoms with Crippen LogP contribution in [0.3, 0.4) is 0 Å². The van der Waals surface area contributed by atoms with Gasteiger partial charge in [-0.3, -0.25) is 4.99 Å². The van der Waals surface area contributed by atoms with Gasteiger partial charge in [0.2, 0.25) is 0 Å². The van der Waals surface area contributed by atoms with Gasteiger partial charge in [-0.25, -0.2) is 0 Å². The number of guanidine groups is 1. The van der Waals surface area contributed by atoms with Crippen LogP contribution in [-0.4, -0.2) is 50.9 Å². The molecule has 27 heavy (non-hydrogen) atoms. The first-order valence-electron chi connectivity index (χ1n) is 10.3. The van der Waals surface area contributed by atoms with Crippen molar-refractivity contribution >= 4 is 35.6 Å². The van der Waals surface area contributed by atoms with Gasteiger partial charge in [0, 0.05) is 44.5 Å². The number of aliphatic imine (C=N–C) groups is 1. The van der Waals surface area contributed by atoms with Crippen LogP contribution in [0.2, 0.25) is 0 Å². The van der Waals surface area contributed by atoms with E-state index in [0.717, 1.165) is 51.6 Å². The van der Waals surface area contributed by atoms with Crippen LogP contribution in [0.25, 0.3) is 0 Å². The minimum atomic E-state index is 0. The Morgan fingerprint density at radius 3 is 2.70 bits per heavy atom. The molecule has 6 heteroatoms. The zero-order valence-corrected chi connectivity index (χ0v) is 18.9. The van der Waals surface area contributed by atoms with Crippen molar-refractivity contribution in [2.75, 3.05) is 37.7 Å². The SMILES string of the molecule is CCNC(=NCCCOC1CCCC1)NC1CCN(c2ccccc2)C1.I. The average molecular weight is 486 g/mol. The van der Waals surface area contributed by atoms with E-state index in [1.54, 1.807) is 0 Å². The van der Waals surface area contributed by atoms with Gasteiger partial charge in [-0.15, -0.1) is 24.0 Å². The zero-order chi connectivity index (χ0) is 18.0. The number of nitrogens with one attached hydrogen (secondary N) is 2. The highest BCUT2D eigenvalue weighted by Crippen LogP contribution is 2.21. The molecule has 0 amide bonds. The highest BCUT2D eigenvalue weighted by Gasteiger charge is 2.23. The van der Waals surface area contributed by atoms with Gasteiger partial charge in [0.05, 0.1) is 6.10 Å². The Morgan fingerprint density at radius 1 is 1.19 bits per heavy atom. The molecule has 0 spiro atoms. The molecule has 1 unspecified atom stereocenters. The number of anilines is 1. The van der Waals surface area contributed by atoms with Crippen LogP contribution in [0.4, 0.5) is 5.69 Å². The van der Waals surface area contributed by atoms with Crippen molar-refractivity contribution < 1.29 is 4.74 Å². The summed E-state index contributed by atoms with van der Waals surface area (Å²) in [7, 11) is 0. The maximum atomic E-state index is 5.92. The number of halogens is 1. The molecular weight excluding hydrogens is 451 g/mol. The summed E-state index contributed by atoms with van der Waals surface area (Å²) < 4.78 is 5.92. The van der Waals surface area contributed by atoms with Crippen molar-refractivity contribution in [1.29, 1.82) is 0 Å². The summed E-state index contributed by atoms with van der Waals surface area (Å²) in [6, 6.07) is 11.1. The standard InChI is InChI=1S/C21H34N4O.HI/c1-2-22-21(23-14-8-16-26-20-11-6-7-12-20)24-18-13-15-25(17-18)19-9-4-3-5-10-19;/h3-5,9-10,18,20H,2,6-8,11-17H2,1H3,(H2,22,23,24);1H. The predicted octanol–water partition coefficient (Wildman–Crippen LogP) is 3.79. The van der Waals surface area contributed by atoms with Gasteiger partial charge in [0.15, 0.2) is 5.96 Å². The molecule has 0 radical (unpaired) electrons. The third kappa shape index (κ3) is 7.49. The molecule has 1 atom stereocenters. The molecule has 152 valence electrons. The number of rotatable bonds is 8. The average Bonchev–Trinajstić information content (AvgIpc) is 3.34. The fraction of sp³-hybridized carbons (Fsp3) is 0.667. The summed E-state index contributed by atoms with van der Waals surface area (Å²) >= 11 is 0. The molecule has 1 saturated carbocycles. The fourth-order valence-electron chi connectivity index (χ4n) is 3.83. The van der Waals surface area contributed by atoms with Crippen molar-refractivity contribution in [2.45, 2.75) is 57.6 Å². The lowest BCUT2D eigenvalue weighted by Gasteiger charge is -2.20. The Morgan fingerprint density at radius 2 is 1.96 bits per heavy atom. The molecule has 2 fully saturated rings. The summed E-state index contributed by atoms with van der Waals surface area (Å²) in [6.45, 7) is 6.77. The Kier molecular flexibility index (Phi) is 10.3. The number of hydrogen-bond donors (Lipinski definition) is 2. The van der Waals surface area contributed by atoms with Gasteiger partial charge in [0.25, 0.3) is 0 Å². The highest BCUT2D eigenvalue weighted by atomic mass is 127. The van der Waals surface area contributed by atoms with Gasteiger partial charge in [-0.1, -0.05) is 31.0 Å². The van der Waals surface area contributed by atoms with E-state index in [0.29, 0.717) is 12.1 Å². The number of nitrogens with zero attached hydrogens (tertiary/aromatic N) is 2. The van der Waals surface area contributed by atoms with E-state index in [4.69, 9.17) is 9.73 Å². The van der Waals surface area contributed by atoms with Gasteiger partial charge in [0.1, 0.15) is 0 Å². The summed E-state index contributed by atoms with van der Waals surface area (Å²) in [5.41, 5.74) is 1.31.